The number of nitrogens with zero attached hydrogens (tertiary/aromatic N) is 2. The fraction of sp³-hybridized carbons (Fsp3) is 0.385. The molecule has 0 aliphatic rings. The molecule has 5 nitrogen and oxygen atoms in total. The van der Waals surface area contributed by atoms with Gasteiger partial charge in [0, 0.05) is 16.1 Å². The summed E-state index contributed by atoms with van der Waals surface area (Å²) in [7, 11) is 0. The van der Waals surface area contributed by atoms with Crippen molar-refractivity contribution in [2.45, 2.75) is 26.5 Å². The van der Waals surface area contributed by atoms with Crippen LogP contribution in [-0.2, 0) is 6.61 Å². The maximum Gasteiger partial charge on any atom is 0.213 e. The van der Waals surface area contributed by atoms with Crippen LogP contribution in [0.3, 0.4) is 0 Å². The van der Waals surface area contributed by atoms with Gasteiger partial charge in [-0.1, -0.05) is 34.1 Å². The maximum atomic E-state index is 5.77. The van der Waals surface area contributed by atoms with Crippen LogP contribution < -0.4 is 10.1 Å². The number of aromatic nitrogens is 2. The van der Waals surface area contributed by atoms with Crippen molar-refractivity contribution in [1.29, 1.82) is 0 Å². The SMILES string of the molecule is CCNC(C)c1ccc(Br)cc1OCc1ncon1. The molecule has 6 heteroatoms. The summed E-state index contributed by atoms with van der Waals surface area (Å²) in [5, 5.41) is 7.10. The Hall–Kier alpha value is -1.40. The summed E-state index contributed by atoms with van der Waals surface area (Å²) in [5.74, 6) is 1.34. The molecular weight excluding hydrogens is 310 g/mol. The number of halogens is 1. The van der Waals surface area contributed by atoms with Crippen molar-refractivity contribution in [3.63, 3.8) is 0 Å². The van der Waals surface area contributed by atoms with Crippen molar-refractivity contribution in [3.05, 3.63) is 40.5 Å². The fourth-order valence-corrected chi connectivity index (χ4v) is 2.15. The predicted molar refractivity (Wildman–Crippen MR) is 74.9 cm³/mol. The first kappa shape index (κ1) is 14.0. The monoisotopic (exact) mass is 325 g/mol. The van der Waals surface area contributed by atoms with Crippen LogP contribution in [0.2, 0.25) is 0 Å². The smallest absolute Gasteiger partial charge is 0.213 e. The van der Waals surface area contributed by atoms with Gasteiger partial charge in [-0.3, -0.25) is 0 Å². The van der Waals surface area contributed by atoms with E-state index < -0.39 is 0 Å². The van der Waals surface area contributed by atoms with Crippen molar-refractivity contribution in [3.8, 4) is 5.75 Å². The van der Waals surface area contributed by atoms with Crippen LogP contribution in [0.4, 0.5) is 0 Å². The molecule has 1 heterocycles. The lowest BCUT2D eigenvalue weighted by Crippen LogP contribution is -2.18. The van der Waals surface area contributed by atoms with Gasteiger partial charge in [-0.05, 0) is 25.6 Å². The van der Waals surface area contributed by atoms with Crippen LogP contribution >= 0.6 is 15.9 Å². The fourth-order valence-electron chi connectivity index (χ4n) is 1.81. The molecule has 2 rings (SSSR count). The normalized spacial score (nSPS) is 12.4. The van der Waals surface area contributed by atoms with E-state index in [0.29, 0.717) is 12.4 Å². The molecule has 2 aromatic rings. The topological polar surface area (TPSA) is 60.2 Å². The Morgan fingerprint density at radius 3 is 3.00 bits per heavy atom. The highest BCUT2D eigenvalue weighted by atomic mass is 79.9. The summed E-state index contributed by atoms with van der Waals surface area (Å²) >= 11 is 3.45. The van der Waals surface area contributed by atoms with Crippen molar-refractivity contribution >= 4 is 15.9 Å². The van der Waals surface area contributed by atoms with E-state index in [1.807, 2.05) is 18.2 Å². The standard InChI is InChI=1S/C13H16BrN3O2/c1-3-15-9(2)11-5-4-10(14)6-12(11)18-7-13-16-8-19-17-13/h4-6,8-9,15H,3,7H2,1-2H3. The zero-order chi connectivity index (χ0) is 13.7. The first-order chi connectivity index (χ1) is 9.20. The number of ether oxygens (including phenoxy) is 1. The van der Waals surface area contributed by atoms with Gasteiger partial charge >= 0.3 is 0 Å². The summed E-state index contributed by atoms with van der Waals surface area (Å²) in [6.45, 7) is 5.38. The van der Waals surface area contributed by atoms with E-state index in [-0.39, 0.29) is 6.04 Å². The summed E-state index contributed by atoms with van der Waals surface area (Å²) in [4.78, 5) is 3.93. The van der Waals surface area contributed by atoms with Crippen molar-refractivity contribution < 1.29 is 9.26 Å². The predicted octanol–water partition coefficient (Wildman–Crippen LogP) is 3.08. The highest BCUT2D eigenvalue weighted by Crippen LogP contribution is 2.29. The molecule has 1 atom stereocenters. The van der Waals surface area contributed by atoms with Crippen molar-refractivity contribution in [2.75, 3.05) is 6.54 Å². The van der Waals surface area contributed by atoms with Gasteiger partial charge in [0.05, 0.1) is 0 Å². The average molecular weight is 326 g/mol. The second kappa shape index (κ2) is 6.68. The Morgan fingerprint density at radius 2 is 2.32 bits per heavy atom. The first-order valence-electron chi connectivity index (χ1n) is 6.11. The Labute approximate surface area is 120 Å². The summed E-state index contributed by atoms with van der Waals surface area (Å²) in [6, 6.07) is 6.22. The van der Waals surface area contributed by atoms with Gasteiger partial charge in [0.1, 0.15) is 5.75 Å². The van der Waals surface area contributed by atoms with Crippen molar-refractivity contribution in [1.82, 2.24) is 15.5 Å². The van der Waals surface area contributed by atoms with E-state index in [9.17, 15) is 0 Å². The van der Waals surface area contributed by atoms with Crippen LogP contribution in [0.25, 0.3) is 0 Å². The van der Waals surface area contributed by atoms with E-state index in [1.54, 1.807) is 0 Å². The number of hydrogen-bond acceptors (Lipinski definition) is 5. The molecule has 1 aromatic carbocycles. The van der Waals surface area contributed by atoms with E-state index in [0.717, 1.165) is 22.3 Å². The van der Waals surface area contributed by atoms with Gasteiger partial charge in [-0.25, -0.2) is 0 Å². The lowest BCUT2D eigenvalue weighted by atomic mass is 10.1. The van der Waals surface area contributed by atoms with E-state index in [1.165, 1.54) is 6.39 Å². The lowest BCUT2D eigenvalue weighted by Gasteiger charge is -2.17. The third kappa shape index (κ3) is 3.78. The van der Waals surface area contributed by atoms with Gasteiger partial charge in [0.2, 0.25) is 12.2 Å². The van der Waals surface area contributed by atoms with Gasteiger partial charge < -0.3 is 14.6 Å². The molecule has 102 valence electrons. The zero-order valence-corrected chi connectivity index (χ0v) is 12.5. The van der Waals surface area contributed by atoms with Gasteiger partial charge in [-0.2, -0.15) is 4.98 Å². The first-order valence-corrected chi connectivity index (χ1v) is 6.91. The quantitative estimate of drug-likeness (QED) is 0.884. The second-order valence-corrected chi connectivity index (χ2v) is 5.01. The molecule has 0 aliphatic carbocycles. The molecular formula is C13H16BrN3O2. The highest BCUT2D eigenvalue weighted by molar-refractivity contribution is 9.10. The maximum absolute atomic E-state index is 5.77. The van der Waals surface area contributed by atoms with Crippen LogP contribution in [0.5, 0.6) is 5.75 Å². The summed E-state index contributed by atoms with van der Waals surface area (Å²) < 4.78 is 11.4. The van der Waals surface area contributed by atoms with Gasteiger partial charge in [-0.15, -0.1) is 0 Å². The third-order valence-electron chi connectivity index (χ3n) is 2.72. The number of rotatable bonds is 6. The molecule has 0 amide bonds. The molecule has 1 N–H and O–H groups in total. The Kier molecular flexibility index (Phi) is 4.93. The van der Waals surface area contributed by atoms with Crippen LogP contribution in [0.15, 0.2) is 33.6 Å². The van der Waals surface area contributed by atoms with Gasteiger partial charge in [0.15, 0.2) is 6.61 Å². The molecule has 0 aliphatic heterocycles. The Balaban J connectivity index is 2.14. The molecule has 0 bridgehead atoms. The second-order valence-electron chi connectivity index (χ2n) is 4.10. The van der Waals surface area contributed by atoms with E-state index >= 15 is 0 Å². The van der Waals surface area contributed by atoms with Crippen LogP contribution in [0, 0.1) is 0 Å². The average Bonchev–Trinajstić information content (AvgIpc) is 2.89. The Morgan fingerprint density at radius 1 is 1.47 bits per heavy atom. The minimum atomic E-state index is 0.221. The lowest BCUT2D eigenvalue weighted by molar-refractivity contribution is 0.281. The summed E-state index contributed by atoms with van der Waals surface area (Å²) in [5.41, 5.74) is 1.11. The minimum absolute atomic E-state index is 0.221. The molecule has 1 unspecified atom stereocenters. The van der Waals surface area contributed by atoms with Crippen LogP contribution in [-0.4, -0.2) is 16.7 Å². The number of nitrogens with one attached hydrogen (secondary N) is 1. The third-order valence-corrected chi connectivity index (χ3v) is 3.21. The molecule has 0 spiro atoms. The largest absolute Gasteiger partial charge is 0.485 e. The molecule has 0 fully saturated rings. The molecule has 19 heavy (non-hydrogen) atoms. The van der Waals surface area contributed by atoms with Crippen LogP contribution in [0.1, 0.15) is 31.3 Å². The van der Waals surface area contributed by atoms with E-state index in [2.05, 4.69) is 49.8 Å². The van der Waals surface area contributed by atoms with Gasteiger partial charge in [0.25, 0.3) is 0 Å². The van der Waals surface area contributed by atoms with Crippen molar-refractivity contribution in [2.24, 2.45) is 0 Å². The molecule has 1 aromatic heterocycles. The molecule has 0 radical (unpaired) electrons. The highest BCUT2D eigenvalue weighted by Gasteiger charge is 2.12. The molecule has 0 saturated heterocycles. The number of hydrogen-bond donors (Lipinski definition) is 1. The zero-order valence-electron chi connectivity index (χ0n) is 10.9. The number of benzene rings is 1. The minimum Gasteiger partial charge on any atom is -0.485 e. The Bertz CT molecular complexity index is 517. The summed E-state index contributed by atoms with van der Waals surface area (Å²) in [6.07, 6.45) is 1.29. The van der Waals surface area contributed by atoms with E-state index in [4.69, 9.17) is 4.74 Å². The molecule has 0 saturated carbocycles.